The summed E-state index contributed by atoms with van der Waals surface area (Å²) in [7, 11) is 0. The van der Waals surface area contributed by atoms with Crippen LogP contribution in [0.3, 0.4) is 0 Å². The molecule has 3 aromatic rings. The minimum Gasteiger partial charge on any atom is -0.481 e. The van der Waals surface area contributed by atoms with Crippen LogP contribution >= 0.6 is 0 Å². The molecule has 134 valence electrons. The second kappa shape index (κ2) is 8.68. The Labute approximate surface area is 159 Å². The Hall–Kier alpha value is -3.58. The predicted octanol–water partition coefficient (Wildman–Crippen LogP) is 4.23. The molecule has 4 heteroatoms. The van der Waals surface area contributed by atoms with E-state index in [-0.39, 0.29) is 11.9 Å². The molecule has 0 aliphatic heterocycles. The predicted molar refractivity (Wildman–Crippen MR) is 104 cm³/mol. The molecule has 1 atom stereocenters. The van der Waals surface area contributed by atoms with Gasteiger partial charge in [0, 0.05) is 0 Å². The van der Waals surface area contributed by atoms with Crippen LogP contribution < -0.4 is 10.1 Å². The third-order valence-electron chi connectivity index (χ3n) is 4.20. The van der Waals surface area contributed by atoms with Gasteiger partial charge in [-0.3, -0.25) is 4.79 Å². The molecule has 0 saturated heterocycles. The minimum absolute atomic E-state index is 0.227. The van der Waals surface area contributed by atoms with Crippen molar-refractivity contribution in [2.45, 2.75) is 19.1 Å². The number of nitriles is 1. The number of benzene rings is 3. The number of hydrogen-bond acceptors (Lipinski definition) is 3. The second-order valence-corrected chi connectivity index (χ2v) is 6.16. The lowest BCUT2D eigenvalue weighted by Crippen LogP contribution is -2.39. The van der Waals surface area contributed by atoms with E-state index in [1.54, 1.807) is 31.2 Å². The van der Waals surface area contributed by atoms with Gasteiger partial charge < -0.3 is 10.1 Å². The Morgan fingerprint density at radius 1 is 0.926 bits per heavy atom. The first kappa shape index (κ1) is 18.2. The fraction of sp³-hybridized carbons (Fsp3) is 0.130. The highest BCUT2D eigenvalue weighted by atomic mass is 16.5. The molecule has 3 rings (SSSR count). The van der Waals surface area contributed by atoms with Crippen LogP contribution in [-0.4, -0.2) is 12.0 Å². The maximum atomic E-state index is 12.8. The Morgan fingerprint density at radius 2 is 1.52 bits per heavy atom. The van der Waals surface area contributed by atoms with Crippen LogP contribution in [-0.2, 0) is 4.79 Å². The zero-order chi connectivity index (χ0) is 19.1. The molecular formula is C23H20N2O2. The van der Waals surface area contributed by atoms with Gasteiger partial charge in [-0.25, -0.2) is 0 Å². The summed E-state index contributed by atoms with van der Waals surface area (Å²) in [5.74, 6) is 0.266. The van der Waals surface area contributed by atoms with Crippen molar-refractivity contribution in [3.63, 3.8) is 0 Å². The normalized spacial score (nSPS) is 11.4. The average Bonchev–Trinajstić information content (AvgIpc) is 2.73. The zero-order valence-electron chi connectivity index (χ0n) is 15.0. The van der Waals surface area contributed by atoms with Gasteiger partial charge in [-0.15, -0.1) is 0 Å². The lowest BCUT2D eigenvalue weighted by molar-refractivity contribution is -0.127. The van der Waals surface area contributed by atoms with Gasteiger partial charge in [0.25, 0.3) is 5.91 Å². The van der Waals surface area contributed by atoms with Crippen molar-refractivity contribution >= 4 is 5.91 Å². The topological polar surface area (TPSA) is 62.1 Å². The fourth-order valence-corrected chi connectivity index (χ4v) is 2.81. The van der Waals surface area contributed by atoms with Crippen LogP contribution in [0.4, 0.5) is 0 Å². The average molecular weight is 356 g/mol. The molecule has 0 aliphatic rings. The fourth-order valence-electron chi connectivity index (χ4n) is 2.81. The molecule has 3 aromatic carbocycles. The summed E-state index contributed by atoms with van der Waals surface area (Å²) >= 11 is 0. The van der Waals surface area contributed by atoms with E-state index in [1.165, 1.54) is 0 Å². The lowest BCUT2D eigenvalue weighted by Gasteiger charge is -2.22. The van der Waals surface area contributed by atoms with Crippen molar-refractivity contribution in [1.29, 1.82) is 5.26 Å². The number of rotatable bonds is 6. The number of carbonyl (C=O) groups excluding carboxylic acids is 1. The largest absolute Gasteiger partial charge is 0.481 e. The van der Waals surface area contributed by atoms with E-state index in [9.17, 15) is 4.79 Å². The van der Waals surface area contributed by atoms with E-state index in [1.807, 2.05) is 60.7 Å². The summed E-state index contributed by atoms with van der Waals surface area (Å²) in [5.41, 5.74) is 2.48. The Balaban J connectivity index is 1.77. The molecule has 0 aliphatic carbocycles. The van der Waals surface area contributed by atoms with E-state index in [0.29, 0.717) is 11.3 Å². The highest BCUT2D eigenvalue weighted by molar-refractivity contribution is 5.81. The summed E-state index contributed by atoms with van der Waals surface area (Å²) in [6.07, 6.45) is -0.700. The molecule has 0 fully saturated rings. The van der Waals surface area contributed by atoms with Crippen molar-refractivity contribution in [3.8, 4) is 11.8 Å². The van der Waals surface area contributed by atoms with E-state index < -0.39 is 6.10 Å². The molecule has 0 heterocycles. The van der Waals surface area contributed by atoms with Crippen LogP contribution in [0.5, 0.6) is 5.75 Å². The maximum Gasteiger partial charge on any atom is 0.261 e. The van der Waals surface area contributed by atoms with Gasteiger partial charge >= 0.3 is 0 Å². The summed E-state index contributed by atoms with van der Waals surface area (Å²) in [4.78, 5) is 12.8. The summed E-state index contributed by atoms with van der Waals surface area (Å²) in [6, 6.07) is 28.2. The number of amides is 1. The minimum atomic E-state index is -0.700. The molecule has 1 amide bonds. The van der Waals surface area contributed by atoms with E-state index in [4.69, 9.17) is 10.00 Å². The van der Waals surface area contributed by atoms with Crippen LogP contribution in [0.15, 0.2) is 84.9 Å². The van der Waals surface area contributed by atoms with E-state index in [2.05, 4.69) is 11.4 Å². The highest BCUT2D eigenvalue weighted by Gasteiger charge is 2.21. The Bertz CT molecular complexity index is 894. The Morgan fingerprint density at radius 3 is 2.07 bits per heavy atom. The zero-order valence-corrected chi connectivity index (χ0v) is 15.0. The first-order valence-electron chi connectivity index (χ1n) is 8.74. The number of hydrogen-bond donors (Lipinski definition) is 1. The molecule has 4 nitrogen and oxygen atoms in total. The number of ether oxygens (including phenoxy) is 1. The quantitative estimate of drug-likeness (QED) is 0.719. The molecule has 1 N–H and O–H groups in total. The van der Waals surface area contributed by atoms with E-state index in [0.717, 1.165) is 11.1 Å². The molecule has 0 spiro atoms. The molecule has 27 heavy (non-hydrogen) atoms. The first-order valence-corrected chi connectivity index (χ1v) is 8.74. The molecule has 0 saturated carbocycles. The van der Waals surface area contributed by atoms with Crippen LogP contribution in [0.2, 0.25) is 0 Å². The molecule has 0 bridgehead atoms. The maximum absolute atomic E-state index is 12.8. The van der Waals surface area contributed by atoms with E-state index >= 15 is 0 Å². The van der Waals surface area contributed by atoms with Crippen molar-refractivity contribution in [2.75, 3.05) is 0 Å². The summed E-state index contributed by atoms with van der Waals surface area (Å²) in [5, 5.41) is 12.1. The van der Waals surface area contributed by atoms with Gasteiger partial charge in [-0.1, -0.05) is 66.7 Å². The smallest absolute Gasteiger partial charge is 0.261 e. The molecular weight excluding hydrogens is 336 g/mol. The van der Waals surface area contributed by atoms with Gasteiger partial charge in [0.1, 0.15) is 5.75 Å². The van der Waals surface area contributed by atoms with Gasteiger partial charge in [0.2, 0.25) is 0 Å². The van der Waals surface area contributed by atoms with Crippen molar-refractivity contribution < 1.29 is 9.53 Å². The molecule has 0 radical (unpaired) electrons. The monoisotopic (exact) mass is 356 g/mol. The van der Waals surface area contributed by atoms with Crippen LogP contribution in [0, 0.1) is 11.3 Å². The third kappa shape index (κ3) is 4.74. The highest BCUT2D eigenvalue weighted by Crippen LogP contribution is 2.22. The van der Waals surface area contributed by atoms with Gasteiger partial charge in [-0.05, 0) is 36.2 Å². The second-order valence-electron chi connectivity index (χ2n) is 6.16. The lowest BCUT2D eigenvalue weighted by atomic mass is 9.98. The van der Waals surface area contributed by atoms with Crippen LogP contribution in [0.25, 0.3) is 0 Å². The SMILES string of the molecule is CC(Oc1cccc(C#N)c1)C(=O)NC(c1ccccc1)c1ccccc1. The van der Waals surface area contributed by atoms with Gasteiger partial charge in [0.15, 0.2) is 6.10 Å². The Kier molecular flexibility index (Phi) is 5.86. The van der Waals surface area contributed by atoms with Gasteiger partial charge in [-0.2, -0.15) is 5.26 Å². The molecule has 1 unspecified atom stereocenters. The summed E-state index contributed by atoms with van der Waals surface area (Å²) < 4.78 is 5.73. The van der Waals surface area contributed by atoms with Gasteiger partial charge in [0.05, 0.1) is 17.7 Å². The van der Waals surface area contributed by atoms with Crippen LogP contribution in [0.1, 0.15) is 29.7 Å². The molecule has 0 aromatic heterocycles. The van der Waals surface area contributed by atoms with Crippen molar-refractivity contribution in [3.05, 3.63) is 102 Å². The standard InChI is InChI=1S/C23H20N2O2/c1-17(27-21-14-8-9-18(15-21)16-24)23(26)25-22(19-10-4-2-5-11-19)20-12-6-3-7-13-20/h2-15,17,22H,1H3,(H,25,26). The third-order valence-corrected chi connectivity index (χ3v) is 4.20. The first-order chi connectivity index (χ1) is 13.2. The number of nitrogens with zero attached hydrogens (tertiary/aromatic N) is 1. The van der Waals surface area contributed by atoms with Crippen molar-refractivity contribution in [1.82, 2.24) is 5.32 Å². The van der Waals surface area contributed by atoms with Crippen molar-refractivity contribution in [2.24, 2.45) is 0 Å². The number of carbonyl (C=O) groups is 1. The summed E-state index contributed by atoms with van der Waals surface area (Å²) in [6.45, 7) is 1.70. The number of nitrogens with one attached hydrogen (secondary N) is 1.